The summed E-state index contributed by atoms with van der Waals surface area (Å²) in [4.78, 5) is 11.5. The monoisotopic (exact) mass is 268 g/mol. The van der Waals surface area contributed by atoms with E-state index in [0.717, 1.165) is 48.2 Å². The van der Waals surface area contributed by atoms with Crippen molar-refractivity contribution < 1.29 is 0 Å². The van der Waals surface area contributed by atoms with Crippen molar-refractivity contribution in [1.29, 1.82) is 0 Å². The maximum atomic E-state index is 4.69. The lowest BCUT2D eigenvalue weighted by Gasteiger charge is -2.21. The maximum absolute atomic E-state index is 4.69. The highest BCUT2D eigenvalue weighted by Crippen LogP contribution is 2.23. The van der Waals surface area contributed by atoms with Crippen LogP contribution in [-0.4, -0.2) is 42.6 Å². The number of aromatic nitrogens is 2. The normalized spacial score (nSPS) is 10.5. The van der Waals surface area contributed by atoms with Crippen molar-refractivity contribution in [2.24, 2.45) is 0 Å². The van der Waals surface area contributed by atoms with Gasteiger partial charge in [0.25, 0.3) is 0 Å². The van der Waals surface area contributed by atoms with Crippen molar-refractivity contribution in [2.45, 2.75) is 26.7 Å². The van der Waals surface area contributed by atoms with E-state index >= 15 is 0 Å². The molecule has 0 bridgehead atoms. The number of thioether (sulfide) groups is 1. The van der Waals surface area contributed by atoms with Gasteiger partial charge in [-0.25, -0.2) is 9.97 Å². The van der Waals surface area contributed by atoms with E-state index in [-0.39, 0.29) is 0 Å². The Hall–Kier alpha value is -0.970. The molecule has 0 spiro atoms. The fourth-order valence-electron chi connectivity index (χ4n) is 1.83. The van der Waals surface area contributed by atoms with Crippen LogP contribution in [0.3, 0.4) is 0 Å². The van der Waals surface area contributed by atoms with E-state index in [2.05, 4.69) is 47.3 Å². The molecule has 102 valence electrons. The molecule has 1 rings (SSSR count). The average molecular weight is 268 g/mol. The quantitative estimate of drug-likeness (QED) is 0.823. The van der Waals surface area contributed by atoms with Crippen LogP contribution in [0.5, 0.6) is 0 Å². The Bertz CT molecular complexity index is 381. The molecule has 5 heteroatoms. The molecular weight excluding hydrogens is 244 g/mol. The molecular formula is C13H24N4S. The van der Waals surface area contributed by atoms with Gasteiger partial charge in [0.1, 0.15) is 17.5 Å². The zero-order chi connectivity index (χ0) is 13.5. The molecule has 18 heavy (non-hydrogen) atoms. The molecule has 0 amide bonds. The Morgan fingerprint density at radius 2 is 2.06 bits per heavy atom. The molecule has 0 fully saturated rings. The lowest BCUT2D eigenvalue weighted by Crippen LogP contribution is -2.23. The molecule has 0 unspecified atom stereocenters. The Morgan fingerprint density at radius 3 is 2.61 bits per heavy atom. The second-order valence-electron chi connectivity index (χ2n) is 4.35. The molecule has 4 nitrogen and oxygen atoms in total. The Labute approximate surface area is 115 Å². The molecule has 0 aliphatic carbocycles. The SMILES string of the molecule is CCCc1nc(NC)c(C)c(N(C)CCSC)n1. The van der Waals surface area contributed by atoms with E-state index in [1.54, 1.807) is 0 Å². The second-order valence-corrected chi connectivity index (χ2v) is 5.34. The third-order valence-corrected chi connectivity index (χ3v) is 3.46. The van der Waals surface area contributed by atoms with Gasteiger partial charge in [-0.1, -0.05) is 6.92 Å². The maximum Gasteiger partial charge on any atom is 0.137 e. The highest BCUT2D eigenvalue weighted by molar-refractivity contribution is 7.98. The predicted octanol–water partition coefficient (Wildman–Crippen LogP) is 2.58. The number of nitrogens with zero attached hydrogens (tertiary/aromatic N) is 3. The summed E-state index contributed by atoms with van der Waals surface area (Å²) < 4.78 is 0. The summed E-state index contributed by atoms with van der Waals surface area (Å²) in [7, 11) is 4.01. The van der Waals surface area contributed by atoms with Crippen LogP contribution in [-0.2, 0) is 6.42 Å². The van der Waals surface area contributed by atoms with E-state index in [1.165, 1.54) is 0 Å². The van der Waals surface area contributed by atoms with E-state index in [1.807, 2.05) is 18.8 Å². The Morgan fingerprint density at radius 1 is 1.33 bits per heavy atom. The van der Waals surface area contributed by atoms with Crippen LogP contribution in [0, 0.1) is 6.92 Å². The lowest BCUT2D eigenvalue weighted by molar-refractivity contribution is 0.816. The van der Waals surface area contributed by atoms with Crippen molar-refractivity contribution in [2.75, 3.05) is 42.9 Å². The molecule has 0 saturated carbocycles. The summed E-state index contributed by atoms with van der Waals surface area (Å²) in [5.41, 5.74) is 1.13. The van der Waals surface area contributed by atoms with Gasteiger partial charge in [-0.2, -0.15) is 11.8 Å². The van der Waals surface area contributed by atoms with Crippen molar-refractivity contribution in [3.63, 3.8) is 0 Å². The Balaban J connectivity index is 3.03. The fraction of sp³-hybridized carbons (Fsp3) is 0.692. The molecule has 0 radical (unpaired) electrons. The first-order valence-corrected chi connectivity index (χ1v) is 7.78. The summed E-state index contributed by atoms with van der Waals surface area (Å²) in [5.74, 6) is 4.03. The number of aryl methyl sites for hydroxylation is 1. The summed E-state index contributed by atoms with van der Waals surface area (Å²) in [5, 5.41) is 3.16. The topological polar surface area (TPSA) is 41.1 Å². The molecule has 0 saturated heterocycles. The molecule has 0 aliphatic heterocycles. The summed E-state index contributed by atoms with van der Waals surface area (Å²) >= 11 is 1.85. The van der Waals surface area contributed by atoms with Crippen molar-refractivity contribution in [1.82, 2.24) is 9.97 Å². The van der Waals surface area contributed by atoms with E-state index < -0.39 is 0 Å². The minimum atomic E-state index is 0.929. The summed E-state index contributed by atoms with van der Waals surface area (Å²) in [6.07, 6.45) is 4.13. The van der Waals surface area contributed by atoms with Crippen LogP contribution in [0.1, 0.15) is 24.7 Å². The van der Waals surface area contributed by atoms with Gasteiger partial charge in [-0.3, -0.25) is 0 Å². The minimum Gasteiger partial charge on any atom is -0.373 e. The number of hydrogen-bond acceptors (Lipinski definition) is 5. The second kappa shape index (κ2) is 7.46. The van der Waals surface area contributed by atoms with Gasteiger partial charge in [0, 0.05) is 38.4 Å². The van der Waals surface area contributed by atoms with Crippen molar-refractivity contribution in [3.8, 4) is 0 Å². The molecule has 1 heterocycles. The van der Waals surface area contributed by atoms with E-state index in [9.17, 15) is 0 Å². The zero-order valence-electron chi connectivity index (χ0n) is 12.1. The number of nitrogens with one attached hydrogen (secondary N) is 1. The molecule has 0 atom stereocenters. The molecule has 0 aromatic carbocycles. The van der Waals surface area contributed by atoms with Crippen LogP contribution < -0.4 is 10.2 Å². The van der Waals surface area contributed by atoms with Crippen LogP contribution in [0.4, 0.5) is 11.6 Å². The standard InChI is InChI=1S/C13H24N4S/c1-6-7-11-15-12(14-3)10(2)13(16-11)17(4)8-9-18-5/h6-9H2,1-5H3,(H,14,15,16). The first-order chi connectivity index (χ1) is 8.63. The van der Waals surface area contributed by atoms with Gasteiger partial charge < -0.3 is 10.2 Å². The molecule has 1 aromatic heterocycles. The lowest BCUT2D eigenvalue weighted by atomic mass is 10.2. The Kier molecular flexibility index (Phi) is 6.25. The summed E-state index contributed by atoms with van der Waals surface area (Å²) in [6.45, 7) is 5.24. The van der Waals surface area contributed by atoms with Crippen molar-refractivity contribution in [3.05, 3.63) is 11.4 Å². The smallest absolute Gasteiger partial charge is 0.137 e. The fourth-order valence-corrected chi connectivity index (χ4v) is 2.29. The molecule has 0 aliphatic rings. The van der Waals surface area contributed by atoms with Gasteiger partial charge in [0.15, 0.2) is 0 Å². The predicted molar refractivity (Wildman–Crippen MR) is 82.0 cm³/mol. The van der Waals surface area contributed by atoms with E-state index in [4.69, 9.17) is 0 Å². The minimum absolute atomic E-state index is 0.929. The van der Waals surface area contributed by atoms with Gasteiger partial charge in [-0.15, -0.1) is 0 Å². The van der Waals surface area contributed by atoms with Gasteiger partial charge in [-0.05, 0) is 19.6 Å². The van der Waals surface area contributed by atoms with Gasteiger partial charge in [0.05, 0.1) is 0 Å². The average Bonchev–Trinajstić information content (AvgIpc) is 2.38. The van der Waals surface area contributed by atoms with Crippen LogP contribution >= 0.6 is 11.8 Å². The van der Waals surface area contributed by atoms with Crippen molar-refractivity contribution >= 4 is 23.4 Å². The third-order valence-electron chi connectivity index (χ3n) is 2.87. The molecule has 1 N–H and O–H groups in total. The highest BCUT2D eigenvalue weighted by atomic mass is 32.2. The number of hydrogen-bond donors (Lipinski definition) is 1. The van der Waals surface area contributed by atoms with Gasteiger partial charge >= 0.3 is 0 Å². The van der Waals surface area contributed by atoms with Gasteiger partial charge in [0.2, 0.25) is 0 Å². The first kappa shape index (κ1) is 15.1. The molecule has 1 aromatic rings. The number of rotatable bonds is 7. The number of anilines is 2. The summed E-state index contributed by atoms with van der Waals surface area (Å²) in [6, 6.07) is 0. The first-order valence-electron chi connectivity index (χ1n) is 6.39. The zero-order valence-corrected chi connectivity index (χ0v) is 12.9. The highest BCUT2D eigenvalue weighted by Gasteiger charge is 2.12. The van der Waals surface area contributed by atoms with Crippen LogP contribution in [0.25, 0.3) is 0 Å². The largest absolute Gasteiger partial charge is 0.373 e. The van der Waals surface area contributed by atoms with E-state index in [0.29, 0.717) is 0 Å². The van der Waals surface area contributed by atoms with Crippen LogP contribution in [0.15, 0.2) is 0 Å². The third kappa shape index (κ3) is 3.77. The van der Waals surface area contributed by atoms with Crippen LogP contribution in [0.2, 0.25) is 0 Å².